The first kappa shape index (κ1) is 20.7. The molecule has 1 saturated carbocycles. The molecule has 0 bridgehead atoms. The summed E-state index contributed by atoms with van der Waals surface area (Å²) in [7, 11) is 0. The Morgan fingerprint density at radius 2 is 1.73 bits per heavy atom. The van der Waals surface area contributed by atoms with Gasteiger partial charge in [-0.1, -0.05) is 12.1 Å². The van der Waals surface area contributed by atoms with Crippen LogP contribution >= 0.6 is 0 Å². The lowest BCUT2D eigenvalue weighted by molar-refractivity contribution is 0.0924. The van der Waals surface area contributed by atoms with E-state index in [0.29, 0.717) is 31.0 Å². The summed E-state index contributed by atoms with van der Waals surface area (Å²) in [6, 6.07) is 10.2. The monoisotopic (exact) mass is 449 g/mol. The molecule has 2 aromatic rings. The maximum Gasteiger partial charge on any atom is 0.354 e. The zero-order valence-electron chi connectivity index (χ0n) is 18.8. The van der Waals surface area contributed by atoms with Crippen molar-refractivity contribution in [1.29, 1.82) is 0 Å². The molecule has 1 aliphatic carbocycles. The van der Waals surface area contributed by atoms with Gasteiger partial charge in [-0.15, -0.1) is 0 Å². The number of aromatic nitrogens is 2. The molecule has 4 aliphatic rings. The van der Waals surface area contributed by atoms with Gasteiger partial charge >= 0.3 is 11.7 Å². The van der Waals surface area contributed by atoms with Crippen LogP contribution in [-0.4, -0.2) is 70.7 Å². The number of hydrogen-bond donors (Lipinski definition) is 2. The number of carbonyl (C=O) groups is 1. The number of hydrogen-bond acceptors (Lipinski definition) is 6. The van der Waals surface area contributed by atoms with Crippen LogP contribution in [-0.2, 0) is 6.54 Å². The maximum absolute atomic E-state index is 12.8. The summed E-state index contributed by atoms with van der Waals surface area (Å²) in [5.41, 5.74) is 13.4. The van der Waals surface area contributed by atoms with Crippen molar-refractivity contribution in [2.75, 3.05) is 44.2 Å². The van der Waals surface area contributed by atoms with E-state index in [4.69, 9.17) is 11.5 Å². The van der Waals surface area contributed by atoms with Gasteiger partial charge < -0.3 is 21.3 Å². The summed E-state index contributed by atoms with van der Waals surface area (Å²) in [5, 5.41) is 0. The molecular formula is C24H31N7O2. The number of nitrogens with two attached hydrogens (primary N) is 2. The van der Waals surface area contributed by atoms with Crippen molar-refractivity contribution in [3.8, 4) is 5.69 Å². The summed E-state index contributed by atoms with van der Waals surface area (Å²) in [6.07, 6.45) is 3.71. The van der Waals surface area contributed by atoms with Crippen molar-refractivity contribution in [2.24, 2.45) is 28.7 Å². The van der Waals surface area contributed by atoms with E-state index in [0.717, 1.165) is 57.1 Å². The van der Waals surface area contributed by atoms with Crippen LogP contribution in [0, 0.1) is 17.3 Å². The Kier molecular flexibility index (Phi) is 4.74. The first-order chi connectivity index (χ1) is 15.9. The van der Waals surface area contributed by atoms with Crippen LogP contribution < -0.4 is 22.1 Å². The number of urea groups is 1. The van der Waals surface area contributed by atoms with Crippen LogP contribution in [0.15, 0.2) is 41.3 Å². The van der Waals surface area contributed by atoms with Crippen molar-refractivity contribution >= 4 is 11.8 Å². The van der Waals surface area contributed by atoms with Crippen LogP contribution in [0.25, 0.3) is 5.69 Å². The predicted molar refractivity (Wildman–Crippen MR) is 125 cm³/mol. The summed E-state index contributed by atoms with van der Waals surface area (Å²) in [6.45, 7) is 6.28. The van der Waals surface area contributed by atoms with E-state index in [-0.39, 0.29) is 17.1 Å². The summed E-state index contributed by atoms with van der Waals surface area (Å²) < 4.78 is 1.60. The Labute approximate surface area is 193 Å². The largest absolute Gasteiger partial charge is 0.355 e. The third-order valence-electron chi connectivity index (χ3n) is 8.26. The number of nitrogens with zero attached hydrogens (tertiary/aromatic N) is 5. The van der Waals surface area contributed by atoms with Crippen LogP contribution in [0.2, 0.25) is 0 Å². The third kappa shape index (κ3) is 3.69. The molecule has 1 aromatic carbocycles. The van der Waals surface area contributed by atoms with E-state index in [1.807, 2.05) is 24.4 Å². The molecule has 1 spiro atoms. The van der Waals surface area contributed by atoms with Gasteiger partial charge in [-0.25, -0.2) is 9.59 Å². The summed E-state index contributed by atoms with van der Waals surface area (Å²) >= 11 is 0. The SMILES string of the molecule is NC(=O)N1CCC2(CC1)CN(c1ccn(-c3ccc(CN4CC5C(N)C5C4)cc3)c(=O)n1)C2. The zero-order valence-corrected chi connectivity index (χ0v) is 18.8. The molecule has 4 N–H and O–H groups in total. The molecule has 2 amide bonds. The number of rotatable bonds is 4. The quantitative estimate of drug-likeness (QED) is 0.707. The molecule has 4 heterocycles. The minimum Gasteiger partial charge on any atom is -0.355 e. The Hall–Kier alpha value is -2.91. The van der Waals surface area contributed by atoms with Gasteiger partial charge in [-0.2, -0.15) is 4.98 Å². The topological polar surface area (TPSA) is 114 Å². The molecule has 3 saturated heterocycles. The molecule has 2 unspecified atom stereocenters. The van der Waals surface area contributed by atoms with Crippen molar-refractivity contribution in [3.63, 3.8) is 0 Å². The second-order valence-corrected chi connectivity index (χ2v) is 10.4. The minimum atomic E-state index is -0.337. The van der Waals surface area contributed by atoms with Gasteiger partial charge in [0.1, 0.15) is 5.82 Å². The fourth-order valence-corrected chi connectivity index (χ4v) is 6.02. The number of likely N-dealkylation sites (tertiary alicyclic amines) is 2. The van der Waals surface area contributed by atoms with Crippen molar-refractivity contribution in [2.45, 2.75) is 25.4 Å². The normalized spacial score (nSPS) is 28.0. The van der Waals surface area contributed by atoms with Gasteiger partial charge in [0.2, 0.25) is 0 Å². The standard InChI is InChI=1S/C24H31N7O2/c25-21-18-12-28(13-19(18)21)11-16-1-3-17(4-2-16)31-8-5-20(27-23(31)33)30-14-24(15-30)6-9-29(10-7-24)22(26)32/h1-5,8,18-19,21H,6-7,9-15,25H2,(H2,26,32). The van der Waals surface area contributed by atoms with E-state index >= 15 is 0 Å². The van der Waals surface area contributed by atoms with Crippen LogP contribution in [0.5, 0.6) is 0 Å². The van der Waals surface area contributed by atoms with E-state index < -0.39 is 0 Å². The number of primary amides is 1. The van der Waals surface area contributed by atoms with Gasteiger partial charge in [-0.3, -0.25) is 9.47 Å². The Balaban J connectivity index is 1.07. The Bertz CT molecular complexity index is 1100. The van der Waals surface area contributed by atoms with Crippen molar-refractivity contribution in [3.05, 3.63) is 52.6 Å². The number of fused-ring (bicyclic) bond motifs is 1. The fourth-order valence-electron chi connectivity index (χ4n) is 6.02. The highest BCUT2D eigenvalue weighted by molar-refractivity contribution is 5.72. The summed E-state index contributed by atoms with van der Waals surface area (Å²) in [5.74, 6) is 2.11. The number of carbonyl (C=O) groups excluding carboxylic acids is 1. The zero-order chi connectivity index (χ0) is 22.7. The second kappa shape index (κ2) is 7.56. The highest BCUT2D eigenvalue weighted by Crippen LogP contribution is 2.44. The first-order valence-corrected chi connectivity index (χ1v) is 11.9. The van der Waals surface area contributed by atoms with E-state index in [1.165, 1.54) is 5.56 Å². The number of amides is 2. The van der Waals surface area contributed by atoms with E-state index in [1.54, 1.807) is 9.47 Å². The average molecular weight is 450 g/mol. The molecule has 2 atom stereocenters. The van der Waals surface area contributed by atoms with E-state index in [2.05, 4.69) is 26.9 Å². The molecule has 4 fully saturated rings. The van der Waals surface area contributed by atoms with Gasteiger partial charge in [0.05, 0.1) is 5.69 Å². The lowest BCUT2D eigenvalue weighted by Gasteiger charge is -2.54. The number of anilines is 1. The third-order valence-corrected chi connectivity index (χ3v) is 8.26. The van der Waals surface area contributed by atoms with Gasteiger partial charge in [0.15, 0.2) is 0 Å². The molecule has 6 rings (SSSR count). The van der Waals surface area contributed by atoms with E-state index in [9.17, 15) is 9.59 Å². The van der Waals surface area contributed by atoms with Crippen molar-refractivity contribution in [1.82, 2.24) is 19.4 Å². The van der Waals surface area contributed by atoms with Gasteiger partial charge in [-0.05, 0) is 48.4 Å². The molecule has 9 heteroatoms. The van der Waals surface area contributed by atoms with Crippen LogP contribution in [0.4, 0.5) is 10.6 Å². The molecule has 0 radical (unpaired) electrons. The Morgan fingerprint density at radius 3 is 2.33 bits per heavy atom. The lowest BCUT2D eigenvalue weighted by Crippen LogP contribution is -2.61. The van der Waals surface area contributed by atoms with Crippen LogP contribution in [0.3, 0.4) is 0 Å². The number of benzene rings is 1. The smallest absolute Gasteiger partial charge is 0.354 e. The van der Waals surface area contributed by atoms with Crippen molar-refractivity contribution < 1.29 is 4.79 Å². The lowest BCUT2D eigenvalue weighted by atomic mass is 9.72. The Morgan fingerprint density at radius 1 is 1.06 bits per heavy atom. The van der Waals surface area contributed by atoms with Gasteiger partial charge in [0, 0.05) is 63.5 Å². The minimum absolute atomic E-state index is 0.208. The molecule has 9 nitrogen and oxygen atoms in total. The highest BCUT2D eigenvalue weighted by Gasteiger charge is 2.53. The van der Waals surface area contributed by atoms with Gasteiger partial charge in [0.25, 0.3) is 0 Å². The number of piperidine rings is 2. The summed E-state index contributed by atoms with van der Waals surface area (Å²) in [4.78, 5) is 34.8. The first-order valence-electron chi connectivity index (χ1n) is 11.9. The second-order valence-electron chi connectivity index (χ2n) is 10.4. The maximum atomic E-state index is 12.8. The average Bonchev–Trinajstić information content (AvgIpc) is 3.17. The molecule has 3 aliphatic heterocycles. The molecule has 33 heavy (non-hydrogen) atoms. The predicted octanol–water partition coefficient (Wildman–Crippen LogP) is 0.602. The molecular weight excluding hydrogens is 418 g/mol. The molecule has 1 aromatic heterocycles. The van der Waals surface area contributed by atoms with Crippen LogP contribution in [0.1, 0.15) is 18.4 Å². The fraction of sp³-hybridized carbons (Fsp3) is 0.542. The molecule has 174 valence electrons. The highest BCUT2D eigenvalue weighted by atomic mass is 16.2.